The minimum atomic E-state index is -0.0920. The van der Waals surface area contributed by atoms with Crippen LogP contribution in [0, 0.1) is 5.92 Å². The summed E-state index contributed by atoms with van der Waals surface area (Å²) in [7, 11) is 0. The summed E-state index contributed by atoms with van der Waals surface area (Å²) in [4.78, 5) is 14.4. The average molecular weight is 524 g/mol. The van der Waals surface area contributed by atoms with E-state index in [1.165, 1.54) is 5.57 Å². The average Bonchev–Trinajstić information content (AvgIpc) is 3.29. The molecule has 196 valence electrons. The number of hydrogen-bond acceptors (Lipinski definition) is 6. The van der Waals surface area contributed by atoms with Gasteiger partial charge in [0.1, 0.15) is 24.2 Å². The first-order valence-electron chi connectivity index (χ1n) is 13.2. The van der Waals surface area contributed by atoms with Crippen LogP contribution in [0.3, 0.4) is 0 Å². The lowest BCUT2D eigenvalue weighted by Crippen LogP contribution is -2.38. The predicted molar refractivity (Wildman–Crippen MR) is 145 cm³/mol. The Bertz CT molecular complexity index is 1280. The van der Waals surface area contributed by atoms with Crippen molar-refractivity contribution in [3.63, 3.8) is 0 Å². The molecule has 0 saturated carbocycles. The highest BCUT2D eigenvalue weighted by Gasteiger charge is 2.27. The molecule has 1 N–H and O–H groups in total. The molecule has 8 heteroatoms. The van der Waals surface area contributed by atoms with Gasteiger partial charge in [0, 0.05) is 23.6 Å². The number of carbonyl (C=O) groups excluding carboxylic acids is 1. The van der Waals surface area contributed by atoms with Crippen molar-refractivity contribution in [1.29, 1.82) is 0 Å². The molecule has 2 aliphatic rings. The van der Waals surface area contributed by atoms with Crippen LogP contribution >= 0.6 is 11.6 Å². The molecule has 1 fully saturated rings. The van der Waals surface area contributed by atoms with Crippen LogP contribution in [0.5, 0.6) is 11.5 Å². The van der Waals surface area contributed by atoms with Gasteiger partial charge in [-0.3, -0.25) is 14.8 Å². The van der Waals surface area contributed by atoms with Crippen molar-refractivity contribution in [2.24, 2.45) is 5.92 Å². The molecule has 5 rings (SSSR count). The molecular formula is C29H34ClN3O4. The van der Waals surface area contributed by atoms with E-state index in [4.69, 9.17) is 25.8 Å². The normalized spacial score (nSPS) is 17.1. The maximum Gasteiger partial charge on any atom is 0.309 e. The zero-order valence-corrected chi connectivity index (χ0v) is 22.2. The molecule has 1 unspecified atom stereocenters. The number of aromatic amines is 1. The van der Waals surface area contributed by atoms with Crippen molar-refractivity contribution >= 4 is 34.5 Å². The van der Waals surface area contributed by atoms with Crippen LogP contribution in [-0.2, 0) is 9.53 Å². The van der Waals surface area contributed by atoms with E-state index in [0.29, 0.717) is 18.4 Å². The maximum absolute atomic E-state index is 12.0. The third-order valence-corrected chi connectivity index (χ3v) is 7.42. The molecule has 0 bridgehead atoms. The van der Waals surface area contributed by atoms with E-state index in [1.807, 2.05) is 25.1 Å². The smallest absolute Gasteiger partial charge is 0.309 e. The largest absolute Gasteiger partial charge is 0.488 e. The molecule has 0 amide bonds. The van der Waals surface area contributed by atoms with Crippen LogP contribution in [-0.4, -0.2) is 53.9 Å². The monoisotopic (exact) mass is 523 g/mol. The van der Waals surface area contributed by atoms with Crippen molar-refractivity contribution in [2.75, 3.05) is 32.8 Å². The molecule has 0 radical (unpaired) electrons. The molecule has 0 aliphatic carbocycles. The first-order valence-corrected chi connectivity index (χ1v) is 13.6. The number of H-pyrrole nitrogens is 1. The number of fused-ring (bicyclic) bond motifs is 2. The van der Waals surface area contributed by atoms with Gasteiger partial charge >= 0.3 is 5.97 Å². The number of benzene rings is 2. The van der Waals surface area contributed by atoms with Gasteiger partial charge in [-0.2, -0.15) is 5.10 Å². The Hall–Kier alpha value is -3.03. The van der Waals surface area contributed by atoms with Crippen LogP contribution in [0.15, 0.2) is 42.0 Å². The van der Waals surface area contributed by atoms with Gasteiger partial charge in [0.25, 0.3) is 0 Å². The van der Waals surface area contributed by atoms with Crippen LogP contribution in [0.4, 0.5) is 0 Å². The molecule has 1 saturated heterocycles. The standard InChI is InChI=1S/C29H34ClN3O4/c1-3-5-26(22-7-9-25-24(15-22)28(30)32-31-25)37-23-8-6-21-14-19(18-36-27(21)16-23)17-33-12-10-20(11-13-33)29(34)35-4-2/h6-9,14-16,20,26H,3-5,10-13,17-18H2,1-2H3,(H,31,32). The van der Waals surface area contributed by atoms with Gasteiger partial charge in [-0.1, -0.05) is 31.0 Å². The highest BCUT2D eigenvalue weighted by molar-refractivity contribution is 6.34. The van der Waals surface area contributed by atoms with E-state index in [-0.39, 0.29) is 18.0 Å². The number of halogens is 1. The number of rotatable bonds is 9. The maximum atomic E-state index is 12.0. The Morgan fingerprint density at radius 3 is 2.84 bits per heavy atom. The minimum Gasteiger partial charge on any atom is -0.488 e. The summed E-state index contributed by atoms with van der Waals surface area (Å²) in [5, 5.41) is 8.41. The molecule has 3 heterocycles. The zero-order chi connectivity index (χ0) is 25.8. The van der Waals surface area contributed by atoms with Gasteiger partial charge in [-0.25, -0.2) is 0 Å². The summed E-state index contributed by atoms with van der Waals surface area (Å²) in [6.45, 7) is 7.67. The van der Waals surface area contributed by atoms with Gasteiger partial charge in [0.2, 0.25) is 0 Å². The van der Waals surface area contributed by atoms with Crippen LogP contribution in [0.2, 0.25) is 5.15 Å². The lowest BCUT2D eigenvalue weighted by atomic mass is 9.96. The molecule has 1 aromatic heterocycles. The second-order valence-electron chi connectivity index (χ2n) is 9.81. The third kappa shape index (κ3) is 5.94. The molecule has 0 spiro atoms. The first-order chi connectivity index (χ1) is 18.0. The van der Waals surface area contributed by atoms with E-state index >= 15 is 0 Å². The van der Waals surface area contributed by atoms with E-state index in [1.54, 1.807) is 0 Å². The van der Waals surface area contributed by atoms with Gasteiger partial charge in [0.05, 0.1) is 18.0 Å². The number of piperidine rings is 1. The van der Waals surface area contributed by atoms with E-state index in [0.717, 1.165) is 78.8 Å². The number of nitrogens with zero attached hydrogens (tertiary/aromatic N) is 2. The van der Waals surface area contributed by atoms with E-state index in [2.05, 4.69) is 46.3 Å². The molecular weight excluding hydrogens is 490 g/mol. The Kier molecular flexibility index (Phi) is 8.01. The second kappa shape index (κ2) is 11.6. The van der Waals surface area contributed by atoms with E-state index in [9.17, 15) is 4.79 Å². The Morgan fingerprint density at radius 1 is 1.22 bits per heavy atom. The molecule has 2 aromatic carbocycles. The molecule has 7 nitrogen and oxygen atoms in total. The van der Waals surface area contributed by atoms with Crippen molar-refractivity contribution in [3.8, 4) is 11.5 Å². The summed E-state index contributed by atoms with van der Waals surface area (Å²) >= 11 is 6.24. The SMILES string of the molecule is CCCC(Oc1ccc2c(c1)OCC(CN1CCC(C(=O)OCC)CC1)=C2)c1ccc2[nH]nc(Cl)c2c1. The quantitative estimate of drug-likeness (QED) is 0.337. The van der Waals surface area contributed by atoms with Crippen LogP contribution in [0.25, 0.3) is 17.0 Å². The fourth-order valence-corrected chi connectivity index (χ4v) is 5.35. The zero-order valence-electron chi connectivity index (χ0n) is 21.5. The summed E-state index contributed by atoms with van der Waals surface area (Å²) in [6, 6.07) is 12.2. The Balaban J connectivity index is 1.23. The fraction of sp³-hybridized carbons (Fsp3) is 0.448. The van der Waals surface area contributed by atoms with Crippen molar-refractivity contribution in [3.05, 3.63) is 58.3 Å². The highest BCUT2D eigenvalue weighted by Crippen LogP contribution is 2.35. The van der Waals surface area contributed by atoms with Crippen molar-refractivity contribution in [1.82, 2.24) is 15.1 Å². The van der Waals surface area contributed by atoms with Gasteiger partial charge in [-0.05, 0) is 80.8 Å². The van der Waals surface area contributed by atoms with Gasteiger partial charge in [-0.15, -0.1) is 0 Å². The number of likely N-dealkylation sites (tertiary alicyclic amines) is 1. The van der Waals surface area contributed by atoms with Gasteiger partial charge in [0.15, 0.2) is 5.15 Å². The topological polar surface area (TPSA) is 76.7 Å². The summed E-state index contributed by atoms with van der Waals surface area (Å²) < 4.78 is 17.8. The summed E-state index contributed by atoms with van der Waals surface area (Å²) in [6.07, 6.45) is 5.71. The third-order valence-electron chi connectivity index (χ3n) is 7.13. The Labute approximate surface area is 222 Å². The first kappa shape index (κ1) is 25.6. The summed E-state index contributed by atoms with van der Waals surface area (Å²) in [5.74, 6) is 1.60. The van der Waals surface area contributed by atoms with Crippen LogP contribution in [0.1, 0.15) is 56.8 Å². The Morgan fingerprint density at radius 2 is 2.05 bits per heavy atom. The number of aromatic nitrogens is 2. The van der Waals surface area contributed by atoms with Gasteiger partial charge < -0.3 is 14.2 Å². The minimum absolute atomic E-state index is 0.0297. The number of ether oxygens (including phenoxy) is 3. The lowest BCUT2D eigenvalue weighted by Gasteiger charge is -2.32. The lowest BCUT2D eigenvalue weighted by molar-refractivity contribution is -0.149. The van der Waals surface area contributed by atoms with E-state index < -0.39 is 0 Å². The summed E-state index contributed by atoms with van der Waals surface area (Å²) in [5.41, 5.74) is 4.29. The number of carbonyl (C=O) groups is 1. The fourth-order valence-electron chi connectivity index (χ4n) is 5.15. The highest BCUT2D eigenvalue weighted by atomic mass is 35.5. The number of hydrogen-bond donors (Lipinski definition) is 1. The number of nitrogens with one attached hydrogen (secondary N) is 1. The number of esters is 1. The molecule has 2 aliphatic heterocycles. The molecule has 3 aromatic rings. The molecule has 37 heavy (non-hydrogen) atoms. The second-order valence-corrected chi connectivity index (χ2v) is 10.2. The predicted octanol–water partition coefficient (Wildman–Crippen LogP) is 6.19. The van der Waals surface area contributed by atoms with Crippen LogP contribution < -0.4 is 9.47 Å². The van der Waals surface area contributed by atoms with Crippen molar-refractivity contribution in [2.45, 2.75) is 45.6 Å². The molecule has 1 atom stereocenters. The van der Waals surface area contributed by atoms with Crippen molar-refractivity contribution < 1.29 is 19.0 Å².